The summed E-state index contributed by atoms with van der Waals surface area (Å²) in [5.41, 5.74) is 2.68. The second-order valence-electron chi connectivity index (χ2n) is 5.69. The van der Waals surface area contributed by atoms with E-state index in [4.69, 9.17) is 10.5 Å². The van der Waals surface area contributed by atoms with Crippen molar-refractivity contribution in [3.05, 3.63) is 22.6 Å². The Morgan fingerprint density at radius 1 is 1.62 bits per heavy atom. The Bertz CT molecular complexity index is 896. The van der Waals surface area contributed by atoms with Gasteiger partial charge in [-0.1, -0.05) is 5.92 Å². The van der Waals surface area contributed by atoms with Crippen LogP contribution in [0.25, 0.3) is 11.0 Å². The highest BCUT2D eigenvalue weighted by Gasteiger charge is 2.59. The van der Waals surface area contributed by atoms with Crippen LogP contribution in [0.1, 0.15) is 20.1 Å². The Balaban J connectivity index is 2.20. The fraction of sp³-hybridized carbons (Fsp3) is 0.467. The number of nitrogen functional groups attached to an aromatic ring is 1. The molecule has 0 aromatic carbocycles. The number of aliphatic hydroxyl groups is 2. The number of H-pyrrole nitrogens is 1. The summed E-state index contributed by atoms with van der Waals surface area (Å²) in [5.74, 6) is 4.61. The van der Waals surface area contributed by atoms with Crippen LogP contribution in [-0.2, 0) is 4.74 Å². The fourth-order valence-corrected chi connectivity index (χ4v) is 2.93. The number of nitrogens with two attached hydrogens (primary N) is 1. The quantitative estimate of drug-likeness (QED) is 0.557. The van der Waals surface area contributed by atoms with Gasteiger partial charge in [0.05, 0.1) is 11.5 Å². The van der Waals surface area contributed by atoms with Crippen LogP contribution in [0.15, 0.2) is 17.1 Å². The van der Waals surface area contributed by atoms with Crippen LogP contribution in [0.3, 0.4) is 0 Å². The highest BCUT2D eigenvalue weighted by Crippen LogP contribution is 2.43. The lowest BCUT2D eigenvalue weighted by atomic mass is 9.94. The third kappa shape index (κ3) is 2.27. The van der Waals surface area contributed by atoms with Gasteiger partial charge in [-0.2, -0.15) is 4.98 Å². The number of hydrogen-bond acceptors (Lipinski definition) is 6. The molecule has 3 rings (SSSR count). The third-order valence-corrected chi connectivity index (χ3v) is 4.03. The van der Waals surface area contributed by atoms with Crippen molar-refractivity contribution in [2.45, 2.75) is 44.1 Å². The largest absolute Gasteiger partial charge is 0.391 e. The van der Waals surface area contributed by atoms with Crippen LogP contribution in [0.2, 0.25) is 0 Å². The zero-order valence-corrected chi connectivity index (χ0v) is 13.0. The first-order valence-electron chi connectivity index (χ1n) is 7.30. The topological polar surface area (TPSA) is 126 Å². The maximum Gasteiger partial charge on any atom is 0.261 e. The first-order valence-corrected chi connectivity index (χ1v) is 7.30. The van der Waals surface area contributed by atoms with Crippen molar-refractivity contribution in [1.82, 2.24) is 14.5 Å². The number of aliphatic hydroxyl groups excluding tert-OH is 2. The Hall–Kier alpha value is -2.41. The standard InChI is InChI=1S/C15H17FN4O4/c1-3-5-15(16)10(22)9(7(2)21)24-13(15)20-6-4-8-11(20)18-14(17)19-12(8)23/h4,6-7,9-10,13,21-22H,1-2H3,(H3,17,18,19,23)/t7-,9+,10-,13+,15?/m0/s1. The van der Waals surface area contributed by atoms with E-state index in [1.807, 2.05) is 0 Å². The van der Waals surface area contributed by atoms with E-state index in [0.717, 1.165) is 0 Å². The smallest absolute Gasteiger partial charge is 0.261 e. The molecular formula is C15H17FN4O4. The Kier molecular flexibility index (Phi) is 3.83. The Morgan fingerprint density at radius 2 is 2.33 bits per heavy atom. The maximum absolute atomic E-state index is 15.4. The van der Waals surface area contributed by atoms with E-state index in [1.165, 1.54) is 30.7 Å². The summed E-state index contributed by atoms with van der Waals surface area (Å²) in [5, 5.41) is 20.2. The molecule has 1 aliphatic rings. The molecule has 2 aromatic heterocycles. The Labute approximate surface area is 136 Å². The molecule has 0 bridgehead atoms. The van der Waals surface area contributed by atoms with Crippen LogP contribution in [-0.4, -0.2) is 48.7 Å². The second-order valence-corrected chi connectivity index (χ2v) is 5.69. The van der Waals surface area contributed by atoms with Gasteiger partial charge < -0.3 is 25.3 Å². The molecule has 8 nitrogen and oxygen atoms in total. The minimum Gasteiger partial charge on any atom is -0.391 e. The zero-order valence-electron chi connectivity index (χ0n) is 13.0. The van der Waals surface area contributed by atoms with Gasteiger partial charge in [0.2, 0.25) is 11.6 Å². The van der Waals surface area contributed by atoms with Gasteiger partial charge in [-0.05, 0) is 19.9 Å². The summed E-state index contributed by atoms with van der Waals surface area (Å²) in [4.78, 5) is 18.3. The molecule has 0 saturated carbocycles. The Morgan fingerprint density at radius 3 is 2.96 bits per heavy atom. The molecule has 0 amide bonds. The number of anilines is 1. The lowest BCUT2D eigenvalue weighted by Crippen LogP contribution is -2.44. The predicted molar refractivity (Wildman–Crippen MR) is 83.7 cm³/mol. The number of hydrogen-bond donors (Lipinski definition) is 4. The van der Waals surface area contributed by atoms with Gasteiger partial charge in [-0.25, -0.2) is 4.39 Å². The minimum atomic E-state index is -2.48. The lowest BCUT2D eigenvalue weighted by Gasteiger charge is -2.24. The predicted octanol–water partition coefficient (Wildman–Crippen LogP) is -0.323. The lowest BCUT2D eigenvalue weighted by molar-refractivity contribution is -0.0775. The van der Waals surface area contributed by atoms with Gasteiger partial charge in [0, 0.05) is 6.20 Å². The highest BCUT2D eigenvalue weighted by molar-refractivity contribution is 5.76. The van der Waals surface area contributed by atoms with Crippen LogP contribution in [0.4, 0.5) is 10.3 Å². The zero-order chi connectivity index (χ0) is 17.6. The monoisotopic (exact) mass is 336 g/mol. The first kappa shape index (κ1) is 16.4. The maximum atomic E-state index is 15.4. The van der Waals surface area contributed by atoms with Crippen LogP contribution < -0.4 is 11.3 Å². The average Bonchev–Trinajstić information content (AvgIpc) is 3.00. The van der Waals surface area contributed by atoms with Crippen molar-refractivity contribution in [1.29, 1.82) is 0 Å². The van der Waals surface area contributed by atoms with Crippen LogP contribution in [0.5, 0.6) is 0 Å². The third-order valence-electron chi connectivity index (χ3n) is 4.03. The number of aromatic nitrogens is 3. The van der Waals surface area contributed by atoms with Gasteiger partial charge in [0.15, 0.2) is 11.9 Å². The van der Waals surface area contributed by atoms with E-state index in [1.54, 1.807) is 0 Å². The molecular weight excluding hydrogens is 319 g/mol. The van der Waals surface area contributed by atoms with E-state index in [0.29, 0.717) is 0 Å². The molecule has 1 saturated heterocycles. The molecule has 128 valence electrons. The van der Waals surface area contributed by atoms with Crippen molar-refractivity contribution >= 4 is 17.0 Å². The number of rotatable bonds is 2. The summed E-state index contributed by atoms with van der Waals surface area (Å²) in [6, 6.07) is 1.44. The molecule has 1 fully saturated rings. The number of halogens is 1. The van der Waals surface area contributed by atoms with Gasteiger partial charge in [0.25, 0.3) is 5.56 Å². The molecule has 1 unspecified atom stereocenters. The molecule has 3 heterocycles. The SMILES string of the molecule is CC#CC1(F)[C@@H](O)[C@@H]([C@H](C)O)O[C@H]1n1ccc2c(=O)[nH]c(N)nc21. The van der Waals surface area contributed by atoms with Crippen LogP contribution in [0, 0.1) is 11.8 Å². The molecule has 0 aliphatic carbocycles. The second kappa shape index (κ2) is 5.59. The molecule has 0 spiro atoms. The first-order chi connectivity index (χ1) is 11.3. The molecule has 9 heteroatoms. The van der Waals surface area contributed by atoms with Crippen molar-refractivity contribution in [3.8, 4) is 11.8 Å². The van der Waals surface area contributed by atoms with Crippen molar-refractivity contribution < 1.29 is 19.3 Å². The van der Waals surface area contributed by atoms with E-state index in [-0.39, 0.29) is 17.0 Å². The van der Waals surface area contributed by atoms with Gasteiger partial charge in [0.1, 0.15) is 12.2 Å². The molecule has 24 heavy (non-hydrogen) atoms. The number of aromatic amines is 1. The van der Waals surface area contributed by atoms with Gasteiger partial charge in [-0.3, -0.25) is 9.78 Å². The van der Waals surface area contributed by atoms with E-state index in [9.17, 15) is 15.0 Å². The normalized spacial score (nSPS) is 31.0. The minimum absolute atomic E-state index is 0.0969. The van der Waals surface area contributed by atoms with Crippen LogP contribution >= 0.6 is 0 Å². The van der Waals surface area contributed by atoms with Crippen molar-refractivity contribution in [3.63, 3.8) is 0 Å². The van der Waals surface area contributed by atoms with Gasteiger partial charge >= 0.3 is 0 Å². The summed E-state index contributed by atoms with van der Waals surface area (Å²) in [6.07, 6.45) is -3.98. The summed E-state index contributed by atoms with van der Waals surface area (Å²) in [6.45, 7) is 2.81. The number of alkyl halides is 1. The van der Waals surface area contributed by atoms with E-state index < -0.39 is 35.8 Å². The number of nitrogens with zero attached hydrogens (tertiary/aromatic N) is 2. The van der Waals surface area contributed by atoms with Crippen molar-refractivity contribution in [2.75, 3.05) is 5.73 Å². The fourth-order valence-electron chi connectivity index (χ4n) is 2.93. The van der Waals surface area contributed by atoms with Crippen molar-refractivity contribution in [2.24, 2.45) is 0 Å². The summed E-state index contributed by atoms with van der Waals surface area (Å²) >= 11 is 0. The molecule has 2 aromatic rings. The number of nitrogens with one attached hydrogen (secondary N) is 1. The van der Waals surface area contributed by atoms with E-state index >= 15 is 4.39 Å². The van der Waals surface area contributed by atoms with Gasteiger partial charge in [-0.15, -0.1) is 5.92 Å². The average molecular weight is 336 g/mol. The molecule has 5 N–H and O–H groups in total. The molecule has 0 radical (unpaired) electrons. The summed E-state index contributed by atoms with van der Waals surface area (Å²) < 4.78 is 22.2. The highest BCUT2D eigenvalue weighted by atomic mass is 19.1. The summed E-state index contributed by atoms with van der Waals surface area (Å²) in [7, 11) is 0. The van der Waals surface area contributed by atoms with E-state index in [2.05, 4.69) is 21.8 Å². The molecule has 1 aliphatic heterocycles. The number of fused-ring (bicyclic) bond motifs is 1. The molecule has 5 atom stereocenters. The number of ether oxygens (including phenoxy) is 1.